The van der Waals surface area contributed by atoms with Gasteiger partial charge in [0.2, 0.25) is 5.91 Å². The van der Waals surface area contributed by atoms with E-state index in [1.807, 2.05) is 78.0 Å². The summed E-state index contributed by atoms with van der Waals surface area (Å²) in [6, 6.07) is 17.4. The first-order valence-corrected chi connectivity index (χ1v) is 9.72. The molecule has 1 aliphatic rings. The summed E-state index contributed by atoms with van der Waals surface area (Å²) < 4.78 is 7.66. The van der Waals surface area contributed by atoms with Gasteiger partial charge in [-0.2, -0.15) is 16.9 Å². The van der Waals surface area contributed by atoms with E-state index in [4.69, 9.17) is 9.84 Å². The van der Waals surface area contributed by atoms with Crippen molar-refractivity contribution in [3.63, 3.8) is 0 Å². The molecule has 0 spiro atoms. The summed E-state index contributed by atoms with van der Waals surface area (Å²) in [5.41, 5.74) is 3.07. The van der Waals surface area contributed by atoms with Gasteiger partial charge in [-0.05, 0) is 36.4 Å². The second kappa shape index (κ2) is 7.25. The van der Waals surface area contributed by atoms with Crippen LogP contribution in [0, 0.1) is 0 Å². The fourth-order valence-electron chi connectivity index (χ4n) is 2.83. The second-order valence-corrected chi connectivity index (χ2v) is 6.97. The number of thioether (sulfide) groups is 1. The van der Waals surface area contributed by atoms with Gasteiger partial charge in [-0.3, -0.25) is 4.79 Å². The van der Waals surface area contributed by atoms with Crippen LogP contribution in [0.15, 0.2) is 54.6 Å². The Morgan fingerprint density at radius 1 is 1.12 bits per heavy atom. The molecular formula is C20H19N3O2S. The van der Waals surface area contributed by atoms with E-state index in [0.29, 0.717) is 6.42 Å². The molecule has 1 amide bonds. The van der Waals surface area contributed by atoms with E-state index < -0.39 is 0 Å². The number of rotatable bonds is 5. The zero-order valence-electron chi connectivity index (χ0n) is 14.4. The van der Waals surface area contributed by atoms with Gasteiger partial charge in [0, 0.05) is 23.5 Å². The molecule has 4 rings (SSSR count). The number of benzene rings is 2. The molecule has 3 aromatic rings. The summed E-state index contributed by atoms with van der Waals surface area (Å²) in [5, 5.41) is 7.71. The second-order valence-electron chi connectivity index (χ2n) is 5.99. The summed E-state index contributed by atoms with van der Waals surface area (Å²) in [7, 11) is 0. The van der Waals surface area contributed by atoms with Gasteiger partial charge in [0.25, 0.3) is 0 Å². The maximum absolute atomic E-state index is 11.9. The standard InChI is InChI=1S/C20H19N3O2S/c1-2-19(24)21-20-17-12-26-13-18(17)22-23(20)14-8-10-16(11-9-14)25-15-6-4-3-5-7-15/h3-11H,2,12-13H2,1H3,(H,21,24). The summed E-state index contributed by atoms with van der Waals surface area (Å²) in [6.45, 7) is 1.85. The lowest BCUT2D eigenvalue weighted by Gasteiger charge is -2.11. The molecule has 2 aromatic carbocycles. The number of hydrogen-bond donors (Lipinski definition) is 1. The van der Waals surface area contributed by atoms with E-state index in [1.165, 1.54) is 0 Å². The van der Waals surface area contributed by atoms with Crippen molar-refractivity contribution < 1.29 is 9.53 Å². The molecule has 26 heavy (non-hydrogen) atoms. The molecule has 0 fully saturated rings. The quantitative estimate of drug-likeness (QED) is 0.708. The molecule has 0 aliphatic carbocycles. The van der Waals surface area contributed by atoms with Gasteiger partial charge in [-0.1, -0.05) is 25.1 Å². The molecular weight excluding hydrogens is 346 g/mol. The summed E-state index contributed by atoms with van der Waals surface area (Å²) in [4.78, 5) is 11.9. The minimum absolute atomic E-state index is 0.00474. The van der Waals surface area contributed by atoms with Gasteiger partial charge in [0.15, 0.2) is 0 Å². The number of ether oxygens (including phenoxy) is 1. The minimum Gasteiger partial charge on any atom is -0.457 e. The molecule has 6 heteroatoms. The number of amides is 1. The number of anilines is 1. The Balaban J connectivity index is 1.62. The van der Waals surface area contributed by atoms with Crippen molar-refractivity contribution >= 4 is 23.5 Å². The maximum atomic E-state index is 11.9. The van der Waals surface area contributed by atoms with Crippen LogP contribution in [0.2, 0.25) is 0 Å². The first-order valence-electron chi connectivity index (χ1n) is 8.56. The highest BCUT2D eigenvalue weighted by molar-refractivity contribution is 7.98. The predicted molar refractivity (Wildman–Crippen MR) is 104 cm³/mol. The molecule has 0 atom stereocenters. The maximum Gasteiger partial charge on any atom is 0.225 e. The van der Waals surface area contributed by atoms with Crippen molar-refractivity contribution in [2.24, 2.45) is 0 Å². The van der Waals surface area contributed by atoms with E-state index >= 15 is 0 Å². The van der Waals surface area contributed by atoms with Crippen LogP contribution < -0.4 is 10.1 Å². The lowest BCUT2D eigenvalue weighted by Crippen LogP contribution is -2.14. The molecule has 0 bridgehead atoms. The van der Waals surface area contributed by atoms with Crippen LogP contribution in [-0.4, -0.2) is 15.7 Å². The molecule has 0 saturated carbocycles. The number of aromatic nitrogens is 2. The Morgan fingerprint density at radius 3 is 2.58 bits per heavy atom. The Bertz CT molecular complexity index is 920. The van der Waals surface area contributed by atoms with E-state index in [0.717, 1.165) is 45.8 Å². The molecule has 0 radical (unpaired) electrons. The minimum atomic E-state index is -0.00474. The third-order valence-corrected chi connectivity index (χ3v) is 5.16. The zero-order chi connectivity index (χ0) is 17.9. The van der Waals surface area contributed by atoms with Crippen LogP contribution in [0.25, 0.3) is 5.69 Å². The smallest absolute Gasteiger partial charge is 0.225 e. The Labute approximate surface area is 156 Å². The monoisotopic (exact) mass is 365 g/mol. The van der Waals surface area contributed by atoms with Gasteiger partial charge < -0.3 is 10.1 Å². The number of carbonyl (C=O) groups is 1. The fourth-order valence-corrected chi connectivity index (χ4v) is 3.86. The first-order chi connectivity index (χ1) is 12.7. The van der Waals surface area contributed by atoms with Gasteiger partial charge in [-0.25, -0.2) is 4.68 Å². The van der Waals surface area contributed by atoms with Crippen LogP contribution in [0.1, 0.15) is 24.6 Å². The van der Waals surface area contributed by atoms with Crippen LogP contribution in [-0.2, 0) is 16.3 Å². The van der Waals surface area contributed by atoms with Gasteiger partial charge in [0.1, 0.15) is 17.3 Å². The normalized spacial score (nSPS) is 12.7. The summed E-state index contributed by atoms with van der Waals surface area (Å²) in [6.07, 6.45) is 0.441. The Hall–Kier alpha value is -2.73. The Morgan fingerprint density at radius 2 is 1.85 bits per heavy atom. The van der Waals surface area contributed by atoms with Gasteiger partial charge >= 0.3 is 0 Å². The molecule has 132 valence electrons. The van der Waals surface area contributed by atoms with Crippen molar-refractivity contribution in [2.75, 3.05) is 5.32 Å². The SMILES string of the molecule is CCC(=O)Nc1c2c(nn1-c1ccc(Oc3ccccc3)cc1)CSC2. The molecule has 0 unspecified atom stereocenters. The largest absolute Gasteiger partial charge is 0.457 e. The number of para-hydroxylation sites is 1. The summed E-state index contributed by atoms with van der Waals surface area (Å²) >= 11 is 1.82. The van der Waals surface area contributed by atoms with E-state index in [1.54, 1.807) is 0 Å². The molecule has 0 saturated heterocycles. The lowest BCUT2D eigenvalue weighted by molar-refractivity contribution is -0.115. The molecule has 1 aromatic heterocycles. The number of hydrogen-bond acceptors (Lipinski definition) is 4. The third-order valence-electron chi connectivity index (χ3n) is 4.19. The number of fused-ring (bicyclic) bond motifs is 1. The third kappa shape index (κ3) is 3.32. The van der Waals surface area contributed by atoms with Crippen molar-refractivity contribution in [3.8, 4) is 17.2 Å². The molecule has 1 N–H and O–H groups in total. The highest BCUT2D eigenvalue weighted by Crippen LogP contribution is 2.36. The van der Waals surface area contributed by atoms with Crippen molar-refractivity contribution in [1.82, 2.24) is 9.78 Å². The van der Waals surface area contributed by atoms with Crippen molar-refractivity contribution in [2.45, 2.75) is 24.9 Å². The number of carbonyl (C=O) groups excluding carboxylic acids is 1. The summed E-state index contributed by atoms with van der Waals surface area (Å²) in [5.74, 6) is 4.10. The average molecular weight is 365 g/mol. The van der Waals surface area contributed by atoms with E-state index in [9.17, 15) is 4.79 Å². The van der Waals surface area contributed by atoms with Crippen LogP contribution in [0.4, 0.5) is 5.82 Å². The van der Waals surface area contributed by atoms with Crippen LogP contribution >= 0.6 is 11.8 Å². The highest BCUT2D eigenvalue weighted by Gasteiger charge is 2.24. The number of nitrogens with zero attached hydrogens (tertiary/aromatic N) is 2. The van der Waals surface area contributed by atoms with Crippen LogP contribution in [0.3, 0.4) is 0 Å². The zero-order valence-corrected chi connectivity index (χ0v) is 15.3. The molecule has 1 aliphatic heterocycles. The predicted octanol–water partition coefficient (Wildman–Crippen LogP) is 4.76. The lowest BCUT2D eigenvalue weighted by atomic mass is 10.2. The van der Waals surface area contributed by atoms with E-state index in [2.05, 4.69) is 5.32 Å². The topological polar surface area (TPSA) is 56.2 Å². The van der Waals surface area contributed by atoms with Crippen molar-refractivity contribution in [3.05, 3.63) is 65.9 Å². The molecule has 5 nitrogen and oxygen atoms in total. The average Bonchev–Trinajstić information content (AvgIpc) is 3.26. The number of nitrogens with one attached hydrogen (secondary N) is 1. The fraction of sp³-hybridized carbons (Fsp3) is 0.200. The van der Waals surface area contributed by atoms with E-state index in [-0.39, 0.29) is 5.91 Å². The van der Waals surface area contributed by atoms with Gasteiger partial charge in [-0.15, -0.1) is 0 Å². The van der Waals surface area contributed by atoms with Gasteiger partial charge in [0.05, 0.1) is 11.4 Å². The molecule has 2 heterocycles. The Kier molecular flexibility index (Phi) is 4.67. The highest BCUT2D eigenvalue weighted by atomic mass is 32.2. The van der Waals surface area contributed by atoms with Crippen molar-refractivity contribution in [1.29, 1.82) is 0 Å². The van der Waals surface area contributed by atoms with Crippen LogP contribution in [0.5, 0.6) is 11.5 Å². The first kappa shape index (κ1) is 16.7.